The molecule has 0 aliphatic carbocycles. The Labute approximate surface area is 170 Å². The van der Waals surface area contributed by atoms with Crippen molar-refractivity contribution in [2.75, 3.05) is 26.4 Å². The van der Waals surface area contributed by atoms with Gasteiger partial charge < -0.3 is 14.8 Å². The molecule has 5 nitrogen and oxygen atoms in total. The van der Waals surface area contributed by atoms with Crippen LogP contribution >= 0.6 is 11.6 Å². The molecule has 2 aliphatic heterocycles. The highest BCUT2D eigenvalue weighted by molar-refractivity contribution is 6.30. The van der Waals surface area contributed by atoms with Crippen LogP contribution in [0.3, 0.4) is 0 Å². The number of halogens is 1. The van der Waals surface area contributed by atoms with Crippen molar-refractivity contribution in [2.45, 2.75) is 31.7 Å². The molecule has 0 spiro atoms. The summed E-state index contributed by atoms with van der Waals surface area (Å²) in [7, 11) is 0. The van der Waals surface area contributed by atoms with E-state index in [9.17, 15) is 4.79 Å². The number of carbonyl (C=O) groups is 1. The predicted octanol–water partition coefficient (Wildman–Crippen LogP) is 3.95. The fourth-order valence-corrected chi connectivity index (χ4v) is 4.08. The maximum Gasteiger partial charge on any atom is 0.231 e. The van der Waals surface area contributed by atoms with Crippen LogP contribution in [0.15, 0.2) is 42.5 Å². The number of ether oxygens (including phenoxy) is 2. The second kappa shape index (κ2) is 8.84. The molecule has 148 valence electrons. The van der Waals surface area contributed by atoms with E-state index in [-0.39, 0.29) is 18.7 Å². The van der Waals surface area contributed by atoms with Gasteiger partial charge in [-0.1, -0.05) is 29.8 Å². The number of carbonyl (C=O) groups excluding carboxylic acids is 1. The second-order valence-electron chi connectivity index (χ2n) is 7.31. The summed E-state index contributed by atoms with van der Waals surface area (Å²) in [6.07, 6.45) is 3.53. The van der Waals surface area contributed by atoms with Crippen LogP contribution in [0.1, 0.15) is 36.4 Å². The SMILES string of the molecule is O=C(CCc1ccc2c(c1)OCO2)NCC(c1cccc(Cl)c1)N1CCCC1. The lowest BCUT2D eigenvalue weighted by atomic mass is 10.0. The monoisotopic (exact) mass is 400 g/mol. The lowest BCUT2D eigenvalue weighted by Gasteiger charge is -2.28. The number of fused-ring (bicyclic) bond motifs is 1. The molecule has 1 unspecified atom stereocenters. The number of nitrogens with one attached hydrogen (secondary N) is 1. The Hall–Kier alpha value is -2.24. The highest BCUT2D eigenvalue weighted by Gasteiger charge is 2.24. The lowest BCUT2D eigenvalue weighted by molar-refractivity contribution is -0.121. The van der Waals surface area contributed by atoms with Gasteiger partial charge in [0.1, 0.15) is 0 Å². The Balaban J connectivity index is 1.33. The summed E-state index contributed by atoms with van der Waals surface area (Å²) in [5, 5.41) is 3.85. The van der Waals surface area contributed by atoms with Gasteiger partial charge in [-0.3, -0.25) is 9.69 Å². The molecular weight excluding hydrogens is 376 g/mol. The van der Waals surface area contributed by atoms with Gasteiger partial charge >= 0.3 is 0 Å². The van der Waals surface area contributed by atoms with Gasteiger partial charge in [0, 0.05) is 18.0 Å². The molecule has 1 atom stereocenters. The van der Waals surface area contributed by atoms with E-state index in [1.54, 1.807) is 0 Å². The summed E-state index contributed by atoms with van der Waals surface area (Å²) >= 11 is 6.19. The summed E-state index contributed by atoms with van der Waals surface area (Å²) in [5.41, 5.74) is 2.23. The highest BCUT2D eigenvalue weighted by Crippen LogP contribution is 2.32. The van der Waals surface area contributed by atoms with Crippen LogP contribution in [0.5, 0.6) is 11.5 Å². The highest BCUT2D eigenvalue weighted by atomic mass is 35.5. The van der Waals surface area contributed by atoms with Gasteiger partial charge in [0.2, 0.25) is 12.7 Å². The molecule has 2 aromatic carbocycles. The quantitative estimate of drug-likeness (QED) is 0.764. The number of amides is 1. The third kappa shape index (κ3) is 4.59. The van der Waals surface area contributed by atoms with Gasteiger partial charge in [0.05, 0.1) is 6.04 Å². The van der Waals surface area contributed by atoms with Crippen LogP contribution < -0.4 is 14.8 Å². The predicted molar refractivity (Wildman–Crippen MR) is 109 cm³/mol. The first-order chi connectivity index (χ1) is 13.7. The standard InChI is InChI=1S/C22H25ClN2O3/c23-18-5-3-4-17(13-18)19(25-10-1-2-11-25)14-24-22(26)9-7-16-6-8-20-21(12-16)28-15-27-20/h3-6,8,12-13,19H,1-2,7,9-11,14-15H2,(H,24,26). The number of benzene rings is 2. The third-order valence-corrected chi connectivity index (χ3v) is 5.62. The minimum atomic E-state index is 0.0592. The summed E-state index contributed by atoms with van der Waals surface area (Å²) in [5.74, 6) is 1.58. The Bertz CT molecular complexity index is 836. The molecule has 1 saturated heterocycles. The fourth-order valence-electron chi connectivity index (χ4n) is 3.88. The van der Waals surface area contributed by atoms with E-state index in [0.29, 0.717) is 19.4 Å². The molecule has 1 fully saturated rings. The Morgan fingerprint density at radius 3 is 2.75 bits per heavy atom. The molecule has 28 heavy (non-hydrogen) atoms. The van der Waals surface area contributed by atoms with Crippen molar-refractivity contribution < 1.29 is 14.3 Å². The molecule has 2 heterocycles. The van der Waals surface area contributed by atoms with Crippen molar-refractivity contribution in [3.63, 3.8) is 0 Å². The Morgan fingerprint density at radius 2 is 1.93 bits per heavy atom. The lowest BCUT2D eigenvalue weighted by Crippen LogP contribution is -2.36. The first kappa shape index (κ1) is 19.1. The summed E-state index contributed by atoms with van der Waals surface area (Å²) in [4.78, 5) is 14.9. The molecule has 0 aromatic heterocycles. The Kier molecular flexibility index (Phi) is 6.03. The first-order valence-corrected chi connectivity index (χ1v) is 10.2. The van der Waals surface area contributed by atoms with E-state index in [0.717, 1.165) is 40.7 Å². The van der Waals surface area contributed by atoms with Crippen LogP contribution in [0, 0.1) is 0 Å². The van der Waals surface area contributed by atoms with E-state index in [1.807, 2.05) is 36.4 Å². The summed E-state index contributed by atoms with van der Waals surface area (Å²) < 4.78 is 10.7. The van der Waals surface area contributed by atoms with Gasteiger partial charge in [-0.2, -0.15) is 0 Å². The minimum Gasteiger partial charge on any atom is -0.454 e. The zero-order chi connectivity index (χ0) is 19.3. The van der Waals surface area contributed by atoms with E-state index < -0.39 is 0 Å². The molecule has 4 rings (SSSR count). The van der Waals surface area contributed by atoms with E-state index in [1.165, 1.54) is 12.8 Å². The summed E-state index contributed by atoms with van der Waals surface area (Å²) in [6, 6.07) is 14.0. The van der Waals surface area contributed by atoms with Crippen LogP contribution in [0.4, 0.5) is 0 Å². The maximum atomic E-state index is 12.5. The molecule has 0 bridgehead atoms. The van der Waals surface area contributed by atoms with Crippen LogP contribution in [-0.4, -0.2) is 37.2 Å². The molecular formula is C22H25ClN2O3. The second-order valence-corrected chi connectivity index (χ2v) is 7.74. The zero-order valence-corrected chi connectivity index (χ0v) is 16.6. The number of aryl methyl sites for hydroxylation is 1. The van der Waals surface area contributed by atoms with Gasteiger partial charge in [-0.05, 0) is 67.7 Å². The van der Waals surface area contributed by atoms with E-state index >= 15 is 0 Å². The Morgan fingerprint density at radius 1 is 1.11 bits per heavy atom. The minimum absolute atomic E-state index is 0.0592. The first-order valence-electron chi connectivity index (χ1n) is 9.84. The molecule has 2 aliphatic rings. The third-order valence-electron chi connectivity index (χ3n) is 5.39. The van der Waals surface area contributed by atoms with Crippen molar-refractivity contribution >= 4 is 17.5 Å². The molecule has 2 aromatic rings. The van der Waals surface area contributed by atoms with Crippen molar-refractivity contribution in [3.8, 4) is 11.5 Å². The molecule has 6 heteroatoms. The van der Waals surface area contributed by atoms with Crippen LogP contribution in [0.25, 0.3) is 0 Å². The number of hydrogen-bond donors (Lipinski definition) is 1. The van der Waals surface area contributed by atoms with Gasteiger partial charge in [0.15, 0.2) is 11.5 Å². The zero-order valence-electron chi connectivity index (χ0n) is 15.8. The largest absolute Gasteiger partial charge is 0.454 e. The number of nitrogens with zero attached hydrogens (tertiary/aromatic N) is 1. The topological polar surface area (TPSA) is 50.8 Å². The normalized spacial score (nSPS) is 16.9. The van der Waals surface area contributed by atoms with Crippen LogP contribution in [-0.2, 0) is 11.2 Å². The smallest absolute Gasteiger partial charge is 0.231 e. The molecule has 0 saturated carbocycles. The summed E-state index contributed by atoms with van der Waals surface area (Å²) in [6.45, 7) is 2.98. The van der Waals surface area contributed by atoms with Crippen molar-refractivity contribution in [2.24, 2.45) is 0 Å². The molecule has 1 amide bonds. The number of hydrogen-bond acceptors (Lipinski definition) is 4. The van der Waals surface area contributed by atoms with E-state index in [2.05, 4.69) is 16.3 Å². The average Bonchev–Trinajstić information content (AvgIpc) is 3.38. The molecule has 0 radical (unpaired) electrons. The number of likely N-dealkylation sites (tertiary alicyclic amines) is 1. The fraction of sp³-hybridized carbons (Fsp3) is 0.409. The van der Waals surface area contributed by atoms with Gasteiger partial charge in [-0.15, -0.1) is 0 Å². The average molecular weight is 401 g/mol. The maximum absolute atomic E-state index is 12.5. The number of rotatable bonds is 7. The van der Waals surface area contributed by atoms with Gasteiger partial charge in [0.25, 0.3) is 0 Å². The van der Waals surface area contributed by atoms with Crippen LogP contribution in [0.2, 0.25) is 5.02 Å². The van der Waals surface area contributed by atoms with Crippen molar-refractivity contribution in [3.05, 3.63) is 58.6 Å². The molecule has 1 N–H and O–H groups in total. The van der Waals surface area contributed by atoms with Crippen molar-refractivity contribution in [1.29, 1.82) is 0 Å². The van der Waals surface area contributed by atoms with Crippen molar-refractivity contribution in [1.82, 2.24) is 10.2 Å². The van der Waals surface area contributed by atoms with E-state index in [4.69, 9.17) is 21.1 Å². The van der Waals surface area contributed by atoms with Gasteiger partial charge in [-0.25, -0.2) is 0 Å².